The fourth-order valence-electron chi connectivity index (χ4n) is 1.66. The van der Waals surface area contributed by atoms with Gasteiger partial charge in [-0.15, -0.1) is 0 Å². The minimum absolute atomic E-state index is 0.315. The van der Waals surface area contributed by atoms with Gasteiger partial charge in [0.1, 0.15) is 6.04 Å². The van der Waals surface area contributed by atoms with Crippen LogP contribution in [0.25, 0.3) is 0 Å². The third kappa shape index (κ3) is 3.88. The van der Waals surface area contributed by atoms with Gasteiger partial charge in [-0.3, -0.25) is 4.79 Å². The van der Waals surface area contributed by atoms with Crippen molar-refractivity contribution in [2.24, 2.45) is 0 Å². The molecule has 2 N–H and O–H groups in total. The first-order valence-electron chi connectivity index (χ1n) is 6.37. The molecule has 1 rings (SSSR count). The molecular weight excluding hydrogens is 262 g/mol. The number of nitrogens with one attached hydrogen (secondary N) is 1. The van der Waals surface area contributed by atoms with Gasteiger partial charge in [-0.1, -0.05) is 6.92 Å². The summed E-state index contributed by atoms with van der Waals surface area (Å²) in [5.74, 6) is -0.543. The molecule has 110 valence electrons. The predicted octanol–water partition coefficient (Wildman–Crippen LogP) is 1.69. The van der Waals surface area contributed by atoms with Crippen LogP contribution in [0.3, 0.4) is 0 Å². The molecule has 1 aromatic carbocycles. The monoisotopic (exact) mass is 281 g/mol. The van der Waals surface area contributed by atoms with Crippen molar-refractivity contribution in [3.63, 3.8) is 0 Å². The summed E-state index contributed by atoms with van der Waals surface area (Å²) in [5.41, 5.74) is 0.324. The zero-order chi connectivity index (χ0) is 15.1. The molecule has 0 bridgehead atoms. The largest absolute Gasteiger partial charge is 0.493 e. The fraction of sp³-hybridized carbons (Fsp3) is 0.429. The second kappa shape index (κ2) is 7.37. The minimum atomic E-state index is -1.06. The van der Waals surface area contributed by atoms with Crippen LogP contribution in [0.5, 0.6) is 11.5 Å². The topological polar surface area (TPSA) is 84.9 Å². The Bertz CT molecular complexity index is 486. The number of carbonyl (C=O) groups excluding carboxylic acids is 1. The summed E-state index contributed by atoms with van der Waals surface area (Å²) in [4.78, 5) is 22.9. The van der Waals surface area contributed by atoms with Gasteiger partial charge >= 0.3 is 5.97 Å². The number of benzene rings is 1. The summed E-state index contributed by atoms with van der Waals surface area (Å²) >= 11 is 0. The molecule has 0 fully saturated rings. The molecule has 6 nitrogen and oxygen atoms in total. The number of carbonyl (C=O) groups is 2. The average Bonchev–Trinajstić information content (AvgIpc) is 2.44. The highest BCUT2D eigenvalue weighted by atomic mass is 16.5. The molecule has 0 spiro atoms. The van der Waals surface area contributed by atoms with Crippen LogP contribution in [0.4, 0.5) is 0 Å². The van der Waals surface area contributed by atoms with Crippen LogP contribution in [0, 0.1) is 0 Å². The van der Waals surface area contributed by atoms with Crippen LogP contribution >= 0.6 is 0 Å². The van der Waals surface area contributed by atoms with E-state index in [0.717, 1.165) is 0 Å². The molecule has 0 heterocycles. The lowest BCUT2D eigenvalue weighted by atomic mass is 10.1. The van der Waals surface area contributed by atoms with E-state index < -0.39 is 17.9 Å². The number of carboxylic acids is 1. The second-order valence-electron chi connectivity index (χ2n) is 4.07. The van der Waals surface area contributed by atoms with Crippen molar-refractivity contribution in [3.05, 3.63) is 23.8 Å². The summed E-state index contributed by atoms with van der Waals surface area (Å²) in [6.07, 6.45) is 0.315. The van der Waals surface area contributed by atoms with E-state index in [2.05, 4.69) is 5.32 Å². The molecule has 1 aromatic rings. The van der Waals surface area contributed by atoms with Gasteiger partial charge in [0.15, 0.2) is 11.5 Å². The zero-order valence-corrected chi connectivity index (χ0v) is 11.8. The molecule has 20 heavy (non-hydrogen) atoms. The number of aliphatic carboxylic acids is 1. The lowest BCUT2D eigenvalue weighted by molar-refractivity contribution is -0.139. The number of hydrogen-bond acceptors (Lipinski definition) is 4. The van der Waals surface area contributed by atoms with E-state index in [4.69, 9.17) is 14.6 Å². The first-order chi connectivity index (χ1) is 9.53. The normalized spacial score (nSPS) is 11.6. The molecule has 0 saturated carbocycles. The number of rotatable bonds is 7. The van der Waals surface area contributed by atoms with Crippen LogP contribution in [-0.2, 0) is 4.79 Å². The van der Waals surface area contributed by atoms with E-state index in [-0.39, 0.29) is 0 Å². The molecule has 0 unspecified atom stereocenters. The number of ether oxygens (including phenoxy) is 2. The van der Waals surface area contributed by atoms with Crippen LogP contribution in [-0.4, -0.2) is 36.7 Å². The average molecular weight is 281 g/mol. The molecule has 6 heteroatoms. The SMILES string of the molecule is CCOc1ccc(C(=O)N[C@H](CC)C(=O)O)cc1OC. The summed E-state index contributed by atoms with van der Waals surface area (Å²) in [6.45, 7) is 4.02. The van der Waals surface area contributed by atoms with E-state index in [1.165, 1.54) is 13.2 Å². The van der Waals surface area contributed by atoms with Crippen LogP contribution in [0.1, 0.15) is 30.6 Å². The van der Waals surface area contributed by atoms with Crippen LogP contribution in [0.15, 0.2) is 18.2 Å². The van der Waals surface area contributed by atoms with E-state index in [9.17, 15) is 9.59 Å². The van der Waals surface area contributed by atoms with E-state index in [1.807, 2.05) is 6.92 Å². The van der Waals surface area contributed by atoms with Gasteiger partial charge in [0.05, 0.1) is 13.7 Å². The van der Waals surface area contributed by atoms with Gasteiger partial charge in [0.2, 0.25) is 0 Å². The Morgan fingerprint density at radius 1 is 1.30 bits per heavy atom. The number of amides is 1. The maximum Gasteiger partial charge on any atom is 0.326 e. The maximum absolute atomic E-state index is 12.0. The minimum Gasteiger partial charge on any atom is -0.493 e. The van der Waals surface area contributed by atoms with Crippen molar-refractivity contribution >= 4 is 11.9 Å². The Morgan fingerprint density at radius 2 is 2.00 bits per heavy atom. The van der Waals surface area contributed by atoms with Crippen molar-refractivity contribution in [2.75, 3.05) is 13.7 Å². The highest BCUT2D eigenvalue weighted by Crippen LogP contribution is 2.28. The van der Waals surface area contributed by atoms with Gasteiger partial charge in [-0.25, -0.2) is 4.79 Å². The Hall–Kier alpha value is -2.24. The second-order valence-corrected chi connectivity index (χ2v) is 4.07. The Morgan fingerprint density at radius 3 is 2.50 bits per heavy atom. The lowest BCUT2D eigenvalue weighted by Gasteiger charge is -2.14. The van der Waals surface area contributed by atoms with Crippen molar-refractivity contribution < 1.29 is 24.2 Å². The van der Waals surface area contributed by atoms with Gasteiger partial charge < -0.3 is 19.9 Å². The van der Waals surface area contributed by atoms with Gasteiger partial charge in [0.25, 0.3) is 5.91 Å². The lowest BCUT2D eigenvalue weighted by Crippen LogP contribution is -2.40. The predicted molar refractivity (Wildman–Crippen MR) is 73.3 cm³/mol. The molecule has 0 aliphatic rings. The van der Waals surface area contributed by atoms with Crippen molar-refractivity contribution in [1.82, 2.24) is 5.32 Å². The quantitative estimate of drug-likeness (QED) is 0.794. The van der Waals surface area contributed by atoms with E-state index in [0.29, 0.717) is 30.1 Å². The number of hydrogen-bond donors (Lipinski definition) is 2. The molecule has 0 aliphatic heterocycles. The molecular formula is C14H19NO5. The third-order valence-electron chi connectivity index (χ3n) is 2.74. The summed E-state index contributed by atoms with van der Waals surface area (Å²) in [6, 6.07) is 3.81. The van der Waals surface area contributed by atoms with Crippen LogP contribution in [0.2, 0.25) is 0 Å². The first-order valence-corrected chi connectivity index (χ1v) is 6.37. The zero-order valence-electron chi connectivity index (χ0n) is 11.8. The Labute approximate surface area is 117 Å². The first kappa shape index (κ1) is 15.8. The molecule has 1 atom stereocenters. The Balaban J connectivity index is 2.91. The van der Waals surface area contributed by atoms with Gasteiger partial charge in [-0.05, 0) is 31.5 Å². The Kier molecular flexibility index (Phi) is 5.83. The summed E-state index contributed by atoms with van der Waals surface area (Å²) in [7, 11) is 1.48. The van der Waals surface area contributed by atoms with Gasteiger partial charge in [0, 0.05) is 5.56 Å². The van der Waals surface area contributed by atoms with Crippen molar-refractivity contribution in [3.8, 4) is 11.5 Å². The molecule has 0 aliphatic carbocycles. The standard InChI is InChI=1S/C14H19NO5/c1-4-10(14(17)18)15-13(16)9-6-7-11(20-5-2)12(8-9)19-3/h6-8,10H,4-5H2,1-3H3,(H,15,16)(H,17,18)/t10-/m1/s1. The van der Waals surface area contributed by atoms with Crippen molar-refractivity contribution in [1.29, 1.82) is 0 Å². The maximum atomic E-state index is 12.0. The van der Waals surface area contributed by atoms with E-state index in [1.54, 1.807) is 19.1 Å². The molecule has 0 aromatic heterocycles. The highest BCUT2D eigenvalue weighted by Gasteiger charge is 2.19. The number of methoxy groups -OCH3 is 1. The number of carboxylic acid groups (broad SMARTS) is 1. The van der Waals surface area contributed by atoms with Crippen molar-refractivity contribution in [2.45, 2.75) is 26.3 Å². The third-order valence-corrected chi connectivity index (χ3v) is 2.74. The smallest absolute Gasteiger partial charge is 0.326 e. The van der Waals surface area contributed by atoms with Gasteiger partial charge in [-0.2, -0.15) is 0 Å². The molecule has 1 amide bonds. The fourth-order valence-corrected chi connectivity index (χ4v) is 1.66. The summed E-state index contributed by atoms with van der Waals surface area (Å²) in [5, 5.41) is 11.4. The molecule has 0 radical (unpaired) electrons. The summed E-state index contributed by atoms with van der Waals surface area (Å²) < 4.78 is 10.5. The van der Waals surface area contributed by atoms with Crippen LogP contribution < -0.4 is 14.8 Å². The molecule has 0 saturated heterocycles. The van der Waals surface area contributed by atoms with E-state index >= 15 is 0 Å². The highest BCUT2D eigenvalue weighted by molar-refractivity contribution is 5.97.